The molecule has 0 aromatic heterocycles. The summed E-state index contributed by atoms with van der Waals surface area (Å²) < 4.78 is 26.0. The van der Waals surface area contributed by atoms with Crippen molar-refractivity contribution < 1.29 is 18.3 Å². The van der Waals surface area contributed by atoms with E-state index in [0.717, 1.165) is 19.3 Å². The molecule has 6 heteroatoms. The van der Waals surface area contributed by atoms with Gasteiger partial charge in [-0.15, -0.1) is 0 Å². The van der Waals surface area contributed by atoms with E-state index in [2.05, 4.69) is 4.72 Å². The van der Waals surface area contributed by atoms with Crippen LogP contribution in [0.2, 0.25) is 0 Å². The Morgan fingerprint density at radius 1 is 1.22 bits per heavy atom. The molecule has 0 saturated heterocycles. The minimum absolute atomic E-state index is 0.00983. The van der Waals surface area contributed by atoms with E-state index in [0.29, 0.717) is 12.8 Å². The Balaban J connectivity index is 4.55. The van der Waals surface area contributed by atoms with Crippen LogP contribution in [0.4, 0.5) is 0 Å². The standard InChI is InChI=1S/C12H25NO4S/c1-4-7-8-11(12(14)15)13-18(16,17)9-10(5-2)6-3/h10-11,13H,4-9H2,1-3H3,(H,14,15). The normalized spacial score (nSPS) is 13.8. The highest BCUT2D eigenvalue weighted by Crippen LogP contribution is 2.11. The molecule has 0 heterocycles. The van der Waals surface area contributed by atoms with Crippen LogP contribution < -0.4 is 4.72 Å². The lowest BCUT2D eigenvalue weighted by atomic mass is 10.1. The molecule has 0 radical (unpaired) electrons. The summed E-state index contributed by atoms with van der Waals surface area (Å²) in [5.74, 6) is -1.00. The summed E-state index contributed by atoms with van der Waals surface area (Å²) in [4.78, 5) is 11.0. The zero-order valence-electron chi connectivity index (χ0n) is 11.5. The smallest absolute Gasteiger partial charge is 0.321 e. The van der Waals surface area contributed by atoms with Crippen molar-refractivity contribution in [2.45, 2.75) is 58.9 Å². The Morgan fingerprint density at radius 2 is 1.78 bits per heavy atom. The Hall–Kier alpha value is -0.620. The first-order valence-electron chi connectivity index (χ1n) is 6.59. The van der Waals surface area contributed by atoms with E-state index in [9.17, 15) is 13.2 Å². The van der Waals surface area contributed by atoms with Crippen LogP contribution >= 0.6 is 0 Å². The van der Waals surface area contributed by atoms with Gasteiger partial charge < -0.3 is 5.11 Å². The number of sulfonamides is 1. The van der Waals surface area contributed by atoms with E-state index in [1.54, 1.807) is 0 Å². The van der Waals surface area contributed by atoms with Crippen LogP contribution in [0, 0.1) is 5.92 Å². The van der Waals surface area contributed by atoms with Crippen molar-refractivity contribution in [3.8, 4) is 0 Å². The summed E-state index contributed by atoms with van der Waals surface area (Å²) in [6.45, 7) is 5.82. The lowest BCUT2D eigenvalue weighted by Gasteiger charge is -2.17. The third-order valence-electron chi connectivity index (χ3n) is 3.08. The monoisotopic (exact) mass is 279 g/mol. The first kappa shape index (κ1) is 17.4. The SMILES string of the molecule is CCCCC(NS(=O)(=O)CC(CC)CC)C(=O)O. The molecule has 0 aliphatic carbocycles. The van der Waals surface area contributed by atoms with E-state index in [1.807, 2.05) is 20.8 Å². The first-order valence-corrected chi connectivity index (χ1v) is 8.24. The highest BCUT2D eigenvalue weighted by Gasteiger charge is 2.25. The Bertz CT molecular complexity index is 336. The van der Waals surface area contributed by atoms with Crippen LogP contribution in [0.5, 0.6) is 0 Å². The molecule has 2 N–H and O–H groups in total. The molecule has 0 aliphatic rings. The fourth-order valence-corrected chi connectivity index (χ4v) is 3.58. The maximum atomic E-state index is 11.9. The molecule has 5 nitrogen and oxygen atoms in total. The summed E-state index contributed by atoms with van der Waals surface area (Å²) in [7, 11) is -3.51. The van der Waals surface area contributed by atoms with Gasteiger partial charge in [-0.2, -0.15) is 0 Å². The van der Waals surface area contributed by atoms with Crippen molar-refractivity contribution in [3.63, 3.8) is 0 Å². The van der Waals surface area contributed by atoms with E-state index in [1.165, 1.54) is 0 Å². The number of carboxylic acids is 1. The van der Waals surface area contributed by atoms with Gasteiger partial charge in [-0.1, -0.05) is 46.5 Å². The van der Waals surface area contributed by atoms with Gasteiger partial charge in [0.05, 0.1) is 5.75 Å². The van der Waals surface area contributed by atoms with Crippen molar-refractivity contribution in [1.82, 2.24) is 4.72 Å². The summed E-state index contributed by atoms with van der Waals surface area (Å²) >= 11 is 0. The van der Waals surface area contributed by atoms with Crippen molar-refractivity contribution in [2.24, 2.45) is 5.92 Å². The number of nitrogens with one attached hydrogen (secondary N) is 1. The molecular formula is C12H25NO4S. The lowest BCUT2D eigenvalue weighted by Crippen LogP contribution is -2.42. The van der Waals surface area contributed by atoms with E-state index >= 15 is 0 Å². The van der Waals surface area contributed by atoms with Crippen molar-refractivity contribution in [2.75, 3.05) is 5.75 Å². The first-order chi connectivity index (χ1) is 8.36. The molecule has 108 valence electrons. The van der Waals surface area contributed by atoms with Gasteiger partial charge in [-0.3, -0.25) is 4.79 Å². The predicted molar refractivity (Wildman–Crippen MR) is 71.9 cm³/mol. The van der Waals surface area contributed by atoms with Gasteiger partial charge in [0, 0.05) is 0 Å². The molecule has 0 aliphatic heterocycles. The summed E-state index contributed by atoms with van der Waals surface area (Å²) in [6.07, 6.45) is 3.45. The molecule has 0 rings (SSSR count). The topological polar surface area (TPSA) is 83.5 Å². The van der Waals surface area contributed by atoms with Crippen LogP contribution in [0.25, 0.3) is 0 Å². The summed E-state index contributed by atoms with van der Waals surface area (Å²) in [6, 6.07) is -0.996. The number of hydrogen-bond donors (Lipinski definition) is 2. The van der Waals surface area contributed by atoms with Gasteiger partial charge >= 0.3 is 5.97 Å². The third-order valence-corrected chi connectivity index (χ3v) is 4.63. The van der Waals surface area contributed by atoms with Crippen molar-refractivity contribution in [3.05, 3.63) is 0 Å². The van der Waals surface area contributed by atoms with Crippen LogP contribution in [0.1, 0.15) is 52.9 Å². The number of hydrogen-bond acceptors (Lipinski definition) is 3. The number of carboxylic acid groups (broad SMARTS) is 1. The molecular weight excluding hydrogens is 254 g/mol. The van der Waals surface area contributed by atoms with Crippen molar-refractivity contribution >= 4 is 16.0 Å². The summed E-state index contributed by atoms with van der Waals surface area (Å²) in [5.41, 5.74) is 0. The summed E-state index contributed by atoms with van der Waals surface area (Å²) in [5, 5.41) is 8.98. The molecule has 18 heavy (non-hydrogen) atoms. The predicted octanol–water partition coefficient (Wildman–Crippen LogP) is 1.99. The van der Waals surface area contributed by atoms with Crippen LogP contribution in [0.3, 0.4) is 0 Å². The molecule has 0 saturated carbocycles. The third kappa shape index (κ3) is 6.96. The molecule has 1 unspecified atom stereocenters. The number of carbonyl (C=O) groups is 1. The van der Waals surface area contributed by atoms with Gasteiger partial charge in [0.15, 0.2) is 0 Å². The van der Waals surface area contributed by atoms with Crippen LogP contribution in [-0.4, -0.2) is 31.3 Å². The van der Waals surface area contributed by atoms with Gasteiger partial charge in [0.2, 0.25) is 10.0 Å². The highest BCUT2D eigenvalue weighted by atomic mass is 32.2. The van der Waals surface area contributed by atoms with Crippen molar-refractivity contribution in [1.29, 1.82) is 0 Å². The fourth-order valence-electron chi connectivity index (χ4n) is 1.74. The molecule has 1 atom stereocenters. The quantitative estimate of drug-likeness (QED) is 0.640. The second kappa shape index (κ2) is 8.48. The lowest BCUT2D eigenvalue weighted by molar-refractivity contribution is -0.139. The minimum atomic E-state index is -3.51. The zero-order chi connectivity index (χ0) is 14.2. The Labute approximate surface area is 110 Å². The van der Waals surface area contributed by atoms with Crippen LogP contribution in [-0.2, 0) is 14.8 Å². The van der Waals surface area contributed by atoms with E-state index < -0.39 is 22.0 Å². The molecule has 0 amide bonds. The second-order valence-electron chi connectivity index (χ2n) is 4.61. The molecule has 0 aromatic rings. The van der Waals surface area contributed by atoms with E-state index in [4.69, 9.17) is 5.11 Å². The minimum Gasteiger partial charge on any atom is -0.480 e. The van der Waals surface area contributed by atoms with Gasteiger partial charge in [-0.05, 0) is 12.3 Å². The number of unbranched alkanes of at least 4 members (excludes halogenated alkanes) is 1. The average molecular weight is 279 g/mol. The van der Waals surface area contributed by atoms with Crippen LogP contribution in [0.15, 0.2) is 0 Å². The molecule has 0 spiro atoms. The van der Waals surface area contributed by atoms with Gasteiger partial charge in [0.25, 0.3) is 0 Å². The Morgan fingerprint density at radius 3 is 2.17 bits per heavy atom. The van der Waals surface area contributed by atoms with Gasteiger partial charge in [0.1, 0.15) is 6.04 Å². The molecule has 0 fully saturated rings. The van der Waals surface area contributed by atoms with E-state index in [-0.39, 0.29) is 11.7 Å². The highest BCUT2D eigenvalue weighted by molar-refractivity contribution is 7.89. The second-order valence-corrected chi connectivity index (χ2v) is 6.41. The zero-order valence-corrected chi connectivity index (χ0v) is 12.3. The fraction of sp³-hybridized carbons (Fsp3) is 0.917. The maximum Gasteiger partial charge on any atom is 0.321 e. The number of rotatable bonds is 10. The number of aliphatic carboxylic acids is 1. The largest absolute Gasteiger partial charge is 0.480 e. The van der Waals surface area contributed by atoms with Gasteiger partial charge in [-0.25, -0.2) is 13.1 Å². The maximum absolute atomic E-state index is 11.9. The molecule has 0 aromatic carbocycles. The molecule has 0 bridgehead atoms. The average Bonchev–Trinajstić information content (AvgIpc) is 2.31. The Kier molecular flexibility index (Phi) is 8.18.